The fraction of sp³-hybridized carbons (Fsp3) is 0.351. The van der Waals surface area contributed by atoms with E-state index in [1.807, 2.05) is 110 Å². The number of aliphatic hydroxyl groups excluding tert-OH is 2. The highest BCUT2D eigenvalue weighted by molar-refractivity contribution is 6.31. The molecule has 0 aromatic heterocycles. The molecule has 2 aliphatic rings. The zero-order valence-corrected chi connectivity index (χ0v) is 26.2. The molecule has 0 unspecified atom stereocenters. The van der Waals surface area contributed by atoms with Gasteiger partial charge in [0.05, 0.1) is 32.5 Å². The number of benzene rings is 4. The fourth-order valence-corrected chi connectivity index (χ4v) is 6.38. The van der Waals surface area contributed by atoms with Crippen LogP contribution in [0.3, 0.4) is 0 Å². The van der Waals surface area contributed by atoms with Gasteiger partial charge in [-0.25, -0.2) is 0 Å². The van der Waals surface area contributed by atoms with E-state index in [1.54, 1.807) is 6.92 Å². The molecule has 4 aromatic rings. The van der Waals surface area contributed by atoms with Crippen LogP contribution in [0.2, 0.25) is 5.02 Å². The zero-order valence-electron chi connectivity index (χ0n) is 25.5. The molecule has 8 heteroatoms. The largest absolute Gasteiger partial charge is 0.494 e. The van der Waals surface area contributed by atoms with Crippen molar-refractivity contribution in [3.05, 3.63) is 136 Å². The maximum atomic E-state index is 11.8. The second-order valence-electron chi connectivity index (χ2n) is 11.7. The Morgan fingerprint density at radius 1 is 0.867 bits per heavy atom. The SMILES string of the molecule is CCOc1ccc(Cc2cc([C@]34OC[C@]([C@H](C)O)(O3)[C@H](O)[C@H](OCc3ccccc3)[C@H]4OCc3ccccc3)ccc2Cl)cc1. The lowest BCUT2D eigenvalue weighted by Gasteiger charge is -2.50. The van der Waals surface area contributed by atoms with E-state index in [2.05, 4.69) is 0 Å². The van der Waals surface area contributed by atoms with Crippen molar-refractivity contribution in [1.82, 2.24) is 0 Å². The van der Waals surface area contributed by atoms with Crippen LogP contribution in [-0.4, -0.2) is 53.4 Å². The fourth-order valence-electron chi connectivity index (χ4n) is 6.19. The summed E-state index contributed by atoms with van der Waals surface area (Å²) in [5, 5.41) is 23.5. The van der Waals surface area contributed by atoms with Crippen molar-refractivity contribution in [3.63, 3.8) is 0 Å². The average Bonchev–Trinajstić information content (AvgIpc) is 3.44. The van der Waals surface area contributed by atoms with Gasteiger partial charge in [-0.3, -0.25) is 0 Å². The average molecular weight is 631 g/mol. The number of ether oxygens (including phenoxy) is 5. The van der Waals surface area contributed by atoms with Crippen LogP contribution in [0.25, 0.3) is 0 Å². The summed E-state index contributed by atoms with van der Waals surface area (Å²) in [6, 6.07) is 33.1. The Morgan fingerprint density at radius 2 is 1.51 bits per heavy atom. The van der Waals surface area contributed by atoms with E-state index in [1.165, 1.54) is 0 Å². The monoisotopic (exact) mass is 630 g/mol. The highest BCUT2D eigenvalue weighted by Gasteiger charge is 2.70. The van der Waals surface area contributed by atoms with Gasteiger partial charge >= 0.3 is 0 Å². The van der Waals surface area contributed by atoms with Crippen LogP contribution in [0.15, 0.2) is 103 Å². The van der Waals surface area contributed by atoms with Crippen LogP contribution in [0.5, 0.6) is 5.75 Å². The van der Waals surface area contributed by atoms with Crippen molar-refractivity contribution in [2.75, 3.05) is 13.2 Å². The summed E-state index contributed by atoms with van der Waals surface area (Å²) in [7, 11) is 0. The Morgan fingerprint density at radius 3 is 2.13 bits per heavy atom. The van der Waals surface area contributed by atoms with E-state index >= 15 is 0 Å². The van der Waals surface area contributed by atoms with Gasteiger partial charge in [-0.1, -0.05) is 90.5 Å². The molecule has 2 heterocycles. The van der Waals surface area contributed by atoms with E-state index in [-0.39, 0.29) is 19.8 Å². The molecule has 2 N–H and O–H groups in total. The molecule has 6 atom stereocenters. The van der Waals surface area contributed by atoms with Gasteiger partial charge in [0, 0.05) is 10.6 Å². The lowest BCUT2D eigenvalue weighted by atomic mass is 9.80. The minimum Gasteiger partial charge on any atom is -0.494 e. The van der Waals surface area contributed by atoms with Gasteiger partial charge in [0.15, 0.2) is 0 Å². The predicted octanol–water partition coefficient (Wildman–Crippen LogP) is 6.19. The van der Waals surface area contributed by atoms with Crippen molar-refractivity contribution < 1.29 is 33.9 Å². The van der Waals surface area contributed by atoms with E-state index in [0.717, 1.165) is 28.0 Å². The molecule has 2 bridgehead atoms. The third kappa shape index (κ3) is 6.40. The molecule has 6 rings (SSSR count). The summed E-state index contributed by atoms with van der Waals surface area (Å²) in [4.78, 5) is 0. The summed E-state index contributed by atoms with van der Waals surface area (Å²) < 4.78 is 32.0. The van der Waals surface area contributed by atoms with E-state index in [4.69, 9.17) is 35.3 Å². The number of rotatable bonds is 12. The van der Waals surface area contributed by atoms with Crippen LogP contribution < -0.4 is 4.74 Å². The minimum atomic E-state index is -1.50. The van der Waals surface area contributed by atoms with E-state index in [9.17, 15) is 10.2 Å². The maximum Gasteiger partial charge on any atom is 0.225 e. The highest BCUT2D eigenvalue weighted by atomic mass is 35.5. The maximum absolute atomic E-state index is 11.8. The van der Waals surface area contributed by atoms with Gasteiger partial charge < -0.3 is 33.9 Å². The molecular weight excluding hydrogens is 592 g/mol. The molecule has 0 saturated carbocycles. The van der Waals surface area contributed by atoms with Gasteiger partial charge in [0.2, 0.25) is 5.79 Å². The first-order valence-electron chi connectivity index (χ1n) is 15.4. The topological polar surface area (TPSA) is 86.6 Å². The molecule has 0 aliphatic carbocycles. The minimum absolute atomic E-state index is 0.0565. The standard InChI is InChI=1S/C37H39ClO7/c1-3-41-31-17-14-26(15-18-31)20-29-21-30(16-19-32(29)38)37-35(43-23-28-12-8-5-9-13-28)33(42-22-27-10-6-4-7-11-27)34(40)36(45-37,24-44-37)25(2)39/h4-19,21,25,33-35,39-40H,3,20,22-24H2,1-2H3/t25-,33-,34+,35+,36+,37-/m0/s1. The van der Waals surface area contributed by atoms with Crippen LogP contribution in [-0.2, 0) is 44.4 Å². The lowest BCUT2D eigenvalue weighted by molar-refractivity contribution is -0.353. The molecule has 45 heavy (non-hydrogen) atoms. The summed E-state index contributed by atoms with van der Waals surface area (Å²) in [6.45, 7) is 4.55. The van der Waals surface area contributed by atoms with E-state index in [0.29, 0.717) is 23.6 Å². The summed E-state index contributed by atoms with van der Waals surface area (Å²) in [5.41, 5.74) is 3.03. The first-order valence-corrected chi connectivity index (χ1v) is 15.7. The Hall–Kier alpha value is -3.27. The van der Waals surface area contributed by atoms with Crippen molar-refractivity contribution in [3.8, 4) is 5.75 Å². The number of aliphatic hydroxyl groups is 2. The van der Waals surface area contributed by atoms with Gasteiger partial charge in [0.1, 0.15) is 29.7 Å². The van der Waals surface area contributed by atoms with Crippen molar-refractivity contribution >= 4 is 11.6 Å². The smallest absolute Gasteiger partial charge is 0.225 e. The molecule has 2 aliphatic heterocycles. The second kappa shape index (κ2) is 13.6. The number of halogens is 1. The first-order chi connectivity index (χ1) is 21.8. The molecule has 0 radical (unpaired) electrons. The van der Waals surface area contributed by atoms with Crippen LogP contribution in [0, 0.1) is 0 Å². The van der Waals surface area contributed by atoms with Crippen molar-refractivity contribution in [2.24, 2.45) is 0 Å². The van der Waals surface area contributed by atoms with Gasteiger partial charge in [-0.2, -0.15) is 0 Å². The zero-order chi connectivity index (χ0) is 31.4. The summed E-state index contributed by atoms with van der Waals surface area (Å²) in [5.74, 6) is -0.687. The van der Waals surface area contributed by atoms with Crippen LogP contribution in [0.4, 0.5) is 0 Å². The molecule has 7 nitrogen and oxygen atoms in total. The molecule has 2 fully saturated rings. The molecule has 0 spiro atoms. The first kappa shape index (κ1) is 31.7. The molecule has 4 aromatic carbocycles. The molecule has 0 amide bonds. The molecule has 236 valence electrons. The third-order valence-corrected chi connectivity index (χ3v) is 9.05. The summed E-state index contributed by atoms with van der Waals surface area (Å²) >= 11 is 6.75. The predicted molar refractivity (Wildman–Crippen MR) is 171 cm³/mol. The lowest BCUT2D eigenvalue weighted by Crippen LogP contribution is -2.68. The quantitative estimate of drug-likeness (QED) is 0.193. The van der Waals surface area contributed by atoms with Gasteiger partial charge in [-0.15, -0.1) is 0 Å². The van der Waals surface area contributed by atoms with Gasteiger partial charge in [-0.05, 0) is 66.8 Å². The summed E-state index contributed by atoms with van der Waals surface area (Å²) in [6.07, 6.45) is -3.55. The second-order valence-corrected chi connectivity index (χ2v) is 12.1. The Bertz CT molecular complexity index is 1550. The molecular formula is C37H39ClO7. The highest BCUT2D eigenvalue weighted by Crippen LogP contribution is 2.53. The molecule has 2 saturated heterocycles. The van der Waals surface area contributed by atoms with E-state index < -0.39 is 35.8 Å². The van der Waals surface area contributed by atoms with Crippen molar-refractivity contribution in [1.29, 1.82) is 0 Å². The normalized spacial score (nSPS) is 26.5. The van der Waals surface area contributed by atoms with Gasteiger partial charge in [0.25, 0.3) is 0 Å². The van der Waals surface area contributed by atoms with Crippen molar-refractivity contribution in [2.45, 2.75) is 69.3 Å². The Labute approximate surface area is 269 Å². The van der Waals surface area contributed by atoms with Crippen LogP contribution in [0.1, 0.15) is 41.7 Å². The van der Waals surface area contributed by atoms with Crippen LogP contribution >= 0.6 is 11.6 Å². The third-order valence-electron chi connectivity index (χ3n) is 8.68. The number of hydrogen-bond acceptors (Lipinski definition) is 7. The Kier molecular flexibility index (Phi) is 9.59. The number of hydrogen-bond donors (Lipinski definition) is 2. The number of fused-ring (bicyclic) bond motifs is 2. The Balaban J connectivity index is 1.39.